The summed E-state index contributed by atoms with van der Waals surface area (Å²) in [5.74, 6) is 0. The van der Waals surface area contributed by atoms with E-state index in [9.17, 15) is 10.1 Å². The van der Waals surface area contributed by atoms with E-state index >= 15 is 0 Å². The lowest BCUT2D eigenvalue weighted by atomic mass is 9.94. The van der Waals surface area contributed by atoms with Crippen molar-refractivity contribution in [1.82, 2.24) is 9.38 Å². The van der Waals surface area contributed by atoms with Gasteiger partial charge in [0.05, 0.1) is 17.5 Å². The zero-order valence-electron chi connectivity index (χ0n) is 17.1. The average molecular weight is 424 g/mol. The van der Waals surface area contributed by atoms with E-state index in [0.29, 0.717) is 33.7 Å². The fourth-order valence-electron chi connectivity index (χ4n) is 4.26. The van der Waals surface area contributed by atoms with E-state index in [2.05, 4.69) is 6.07 Å². The number of hydrogen-bond donors (Lipinski definition) is 0. The summed E-state index contributed by atoms with van der Waals surface area (Å²) in [6, 6.07) is 19.8. The smallest absolute Gasteiger partial charge is 0.264 e. The second-order valence-corrected chi connectivity index (χ2v) is 7.96. The van der Waals surface area contributed by atoms with Crippen LogP contribution in [0.25, 0.3) is 44.4 Å². The number of hydrogen-bond acceptors (Lipinski definition) is 3. The molecule has 0 amide bonds. The number of pyridine rings is 1. The molecule has 0 radical (unpaired) electrons. The van der Waals surface area contributed by atoms with Gasteiger partial charge in [-0.2, -0.15) is 5.26 Å². The summed E-state index contributed by atoms with van der Waals surface area (Å²) in [5, 5.41) is 13.1. The Kier molecular flexibility index (Phi) is 4.50. The van der Waals surface area contributed by atoms with Crippen molar-refractivity contribution in [2.45, 2.75) is 20.3 Å². The monoisotopic (exact) mass is 423 g/mol. The van der Waals surface area contributed by atoms with Gasteiger partial charge in [-0.3, -0.25) is 9.20 Å². The number of imidazole rings is 1. The van der Waals surface area contributed by atoms with Crippen LogP contribution < -0.4 is 5.56 Å². The van der Waals surface area contributed by atoms with Crippen LogP contribution in [0.15, 0.2) is 65.0 Å². The Bertz CT molecular complexity index is 1610. The molecule has 0 saturated heterocycles. The first-order valence-corrected chi connectivity index (χ1v) is 10.5. The van der Waals surface area contributed by atoms with Crippen LogP contribution in [0, 0.1) is 18.3 Å². The van der Waals surface area contributed by atoms with Gasteiger partial charge in [0.2, 0.25) is 0 Å². The van der Waals surface area contributed by atoms with Gasteiger partial charge in [-0.15, -0.1) is 0 Å². The van der Waals surface area contributed by atoms with Gasteiger partial charge < -0.3 is 0 Å². The molecule has 0 aliphatic rings. The molecule has 0 aliphatic carbocycles. The SMILES string of the molecule is CC/C(C#N)=C\c1nc2c3ccc(Cl)c4c(-c5ccccc5)ccc(c(=O)n2c1C)c43. The van der Waals surface area contributed by atoms with Gasteiger partial charge in [-0.05, 0) is 48.7 Å². The number of aryl methyl sites for hydroxylation is 1. The molecule has 0 saturated carbocycles. The first kappa shape index (κ1) is 19.3. The van der Waals surface area contributed by atoms with E-state index in [-0.39, 0.29) is 5.56 Å². The minimum atomic E-state index is -0.131. The van der Waals surface area contributed by atoms with Crippen LogP contribution in [-0.2, 0) is 0 Å². The third-order valence-corrected chi connectivity index (χ3v) is 6.16. The molecular formula is C26H18ClN3O. The van der Waals surface area contributed by atoms with Crippen molar-refractivity contribution in [2.24, 2.45) is 0 Å². The van der Waals surface area contributed by atoms with Gasteiger partial charge in [-0.1, -0.05) is 54.9 Å². The molecule has 5 aromatic rings. The Hall–Kier alpha value is -3.68. The lowest BCUT2D eigenvalue weighted by molar-refractivity contribution is 1.07. The van der Waals surface area contributed by atoms with Crippen molar-refractivity contribution in [3.8, 4) is 17.2 Å². The second-order valence-electron chi connectivity index (χ2n) is 7.55. The predicted molar refractivity (Wildman–Crippen MR) is 127 cm³/mol. The van der Waals surface area contributed by atoms with Crippen molar-refractivity contribution in [2.75, 3.05) is 0 Å². The molecule has 150 valence electrons. The van der Waals surface area contributed by atoms with Crippen LogP contribution in [-0.4, -0.2) is 9.38 Å². The summed E-state index contributed by atoms with van der Waals surface area (Å²) >= 11 is 6.67. The standard InChI is InChI=1S/C26H18ClN3O/c1-3-16(14-28)13-22-15(2)30-25(29-22)19-11-12-21(27)24-18(17-7-5-4-6-8-17)9-10-20(23(19)24)26(30)31/h4-13H,3H2,1-2H3/b16-13+. The van der Waals surface area contributed by atoms with Crippen molar-refractivity contribution in [3.05, 3.63) is 86.9 Å². The van der Waals surface area contributed by atoms with Crippen molar-refractivity contribution in [1.29, 1.82) is 5.26 Å². The first-order chi connectivity index (χ1) is 15.0. The van der Waals surface area contributed by atoms with Crippen molar-refractivity contribution >= 4 is 44.9 Å². The Morgan fingerprint density at radius 2 is 1.84 bits per heavy atom. The van der Waals surface area contributed by atoms with Crippen molar-refractivity contribution < 1.29 is 0 Å². The molecule has 0 bridgehead atoms. The van der Waals surface area contributed by atoms with Crippen LogP contribution in [0.2, 0.25) is 5.02 Å². The van der Waals surface area contributed by atoms with Gasteiger partial charge in [-0.25, -0.2) is 4.98 Å². The predicted octanol–water partition coefficient (Wildman–Crippen LogP) is 6.38. The number of benzene rings is 3. The van der Waals surface area contributed by atoms with E-state index in [0.717, 1.165) is 33.0 Å². The molecule has 0 aliphatic heterocycles. The Morgan fingerprint density at radius 3 is 2.55 bits per heavy atom. The van der Waals surface area contributed by atoms with Crippen LogP contribution in [0.5, 0.6) is 0 Å². The lowest BCUT2D eigenvalue weighted by Gasteiger charge is -2.13. The highest BCUT2D eigenvalue weighted by Gasteiger charge is 2.20. The topological polar surface area (TPSA) is 58.2 Å². The zero-order chi connectivity index (χ0) is 21.7. The highest BCUT2D eigenvalue weighted by Crippen LogP contribution is 2.39. The van der Waals surface area contributed by atoms with E-state index < -0.39 is 0 Å². The fraction of sp³-hybridized carbons (Fsp3) is 0.115. The average Bonchev–Trinajstić information content (AvgIpc) is 3.13. The van der Waals surface area contributed by atoms with Gasteiger partial charge in [0.25, 0.3) is 5.56 Å². The normalized spacial score (nSPS) is 12.1. The molecule has 2 aromatic heterocycles. The van der Waals surface area contributed by atoms with Crippen LogP contribution >= 0.6 is 11.6 Å². The zero-order valence-corrected chi connectivity index (χ0v) is 17.9. The lowest BCUT2D eigenvalue weighted by Crippen LogP contribution is -2.14. The Balaban J connectivity index is 1.96. The molecule has 4 nitrogen and oxygen atoms in total. The quantitative estimate of drug-likeness (QED) is 0.316. The van der Waals surface area contributed by atoms with E-state index in [1.165, 1.54) is 0 Å². The molecular weight excluding hydrogens is 406 g/mol. The first-order valence-electron chi connectivity index (χ1n) is 10.1. The summed E-state index contributed by atoms with van der Waals surface area (Å²) in [4.78, 5) is 18.3. The summed E-state index contributed by atoms with van der Waals surface area (Å²) in [5.41, 5.74) is 4.46. The molecule has 0 fully saturated rings. The number of allylic oxidation sites excluding steroid dienone is 1. The largest absolute Gasteiger partial charge is 0.268 e. The third kappa shape index (κ3) is 2.82. The highest BCUT2D eigenvalue weighted by molar-refractivity contribution is 6.39. The Morgan fingerprint density at radius 1 is 1.10 bits per heavy atom. The third-order valence-electron chi connectivity index (χ3n) is 5.85. The number of halogens is 1. The van der Waals surface area contributed by atoms with Gasteiger partial charge in [0, 0.05) is 32.1 Å². The maximum Gasteiger partial charge on any atom is 0.264 e. The summed E-state index contributed by atoms with van der Waals surface area (Å²) in [6.45, 7) is 3.79. The fourth-order valence-corrected chi connectivity index (χ4v) is 4.52. The number of nitrogens with zero attached hydrogens (tertiary/aromatic N) is 3. The van der Waals surface area contributed by atoms with Crippen LogP contribution in [0.1, 0.15) is 24.7 Å². The maximum absolute atomic E-state index is 13.5. The van der Waals surface area contributed by atoms with E-state index in [1.807, 2.05) is 68.4 Å². The molecule has 5 heteroatoms. The summed E-state index contributed by atoms with van der Waals surface area (Å²) in [7, 11) is 0. The highest BCUT2D eigenvalue weighted by atomic mass is 35.5. The van der Waals surface area contributed by atoms with Crippen molar-refractivity contribution in [3.63, 3.8) is 0 Å². The van der Waals surface area contributed by atoms with Crippen LogP contribution in [0.4, 0.5) is 0 Å². The number of aromatic nitrogens is 2. The number of rotatable bonds is 3. The molecule has 2 heterocycles. The Labute approximate surface area is 184 Å². The van der Waals surface area contributed by atoms with Gasteiger partial charge >= 0.3 is 0 Å². The minimum Gasteiger partial charge on any atom is -0.268 e. The summed E-state index contributed by atoms with van der Waals surface area (Å²) < 4.78 is 1.64. The molecule has 0 spiro atoms. The van der Waals surface area contributed by atoms with Gasteiger partial charge in [0.15, 0.2) is 0 Å². The minimum absolute atomic E-state index is 0.131. The molecule has 0 unspecified atom stereocenters. The van der Waals surface area contributed by atoms with Crippen LogP contribution in [0.3, 0.4) is 0 Å². The number of nitriles is 1. The number of fused-ring (bicyclic) bond motifs is 2. The van der Waals surface area contributed by atoms with E-state index in [4.69, 9.17) is 16.6 Å². The molecule has 3 aromatic carbocycles. The van der Waals surface area contributed by atoms with Gasteiger partial charge in [0.1, 0.15) is 5.65 Å². The molecule has 5 rings (SSSR count). The molecule has 0 N–H and O–H groups in total. The molecule has 0 atom stereocenters. The second kappa shape index (κ2) is 7.23. The van der Waals surface area contributed by atoms with E-state index in [1.54, 1.807) is 10.5 Å². The maximum atomic E-state index is 13.5. The summed E-state index contributed by atoms with van der Waals surface area (Å²) in [6.07, 6.45) is 2.37. The molecule has 31 heavy (non-hydrogen) atoms.